The Bertz CT molecular complexity index is 507. The number of ether oxygens (including phenoxy) is 2. The number of halogens is 1. The maximum absolute atomic E-state index is 14.1. The van der Waals surface area contributed by atoms with Crippen molar-refractivity contribution in [1.82, 2.24) is 0 Å². The second-order valence-electron chi connectivity index (χ2n) is 4.94. The van der Waals surface area contributed by atoms with Crippen LogP contribution in [-0.4, -0.2) is 39.9 Å². The Morgan fingerprint density at radius 1 is 1.50 bits per heavy atom. The van der Waals surface area contributed by atoms with Gasteiger partial charge in [-0.3, -0.25) is 0 Å². The molecule has 0 saturated carbocycles. The van der Waals surface area contributed by atoms with Gasteiger partial charge in [-0.05, 0) is 18.6 Å². The molecule has 0 radical (unpaired) electrons. The third-order valence-corrected chi connectivity index (χ3v) is 3.55. The molecule has 1 aliphatic heterocycles. The first-order valence-corrected chi connectivity index (χ1v) is 6.48. The molecule has 1 unspecified atom stereocenters. The van der Waals surface area contributed by atoms with Crippen LogP contribution in [0.25, 0.3) is 0 Å². The Morgan fingerprint density at radius 3 is 2.90 bits per heavy atom. The number of nitrogen functional groups attached to an aromatic ring is 1. The summed E-state index contributed by atoms with van der Waals surface area (Å²) in [6.07, 6.45) is 0.936. The van der Waals surface area contributed by atoms with Crippen LogP contribution in [0.3, 0.4) is 0 Å². The Balaban J connectivity index is 2.26. The van der Waals surface area contributed by atoms with Crippen molar-refractivity contribution in [2.45, 2.75) is 6.42 Å². The molecule has 0 aliphatic carbocycles. The van der Waals surface area contributed by atoms with Crippen LogP contribution in [0.1, 0.15) is 16.8 Å². The van der Waals surface area contributed by atoms with Gasteiger partial charge in [0.25, 0.3) is 0 Å². The molecule has 1 aromatic rings. The smallest absolute Gasteiger partial charge is 0.340 e. The van der Waals surface area contributed by atoms with Crippen molar-refractivity contribution >= 4 is 17.3 Å². The number of esters is 1. The van der Waals surface area contributed by atoms with E-state index in [0.29, 0.717) is 24.8 Å². The minimum atomic E-state index is -0.559. The zero-order valence-corrected chi connectivity index (χ0v) is 11.7. The fourth-order valence-corrected chi connectivity index (χ4v) is 2.53. The largest absolute Gasteiger partial charge is 0.465 e. The van der Waals surface area contributed by atoms with Crippen LogP contribution >= 0.6 is 0 Å². The quantitative estimate of drug-likeness (QED) is 0.672. The van der Waals surface area contributed by atoms with Gasteiger partial charge in [0.05, 0.1) is 25.0 Å². The fraction of sp³-hybridized carbons (Fsp3) is 0.500. The summed E-state index contributed by atoms with van der Waals surface area (Å²) in [5.41, 5.74) is 6.33. The number of nitrogens with zero attached hydrogens (tertiary/aromatic N) is 1. The van der Waals surface area contributed by atoms with E-state index in [1.54, 1.807) is 7.11 Å². The Morgan fingerprint density at radius 2 is 2.25 bits per heavy atom. The van der Waals surface area contributed by atoms with Crippen molar-refractivity contribution in [2.75, 3.05) is 44.5 Å². The summed E-state index contributed by atoms with van der Waals surface area (Å²) in [6, 6.07) is 2.64. The van der Waals surface area contributed by atoms with Gasteiger partial charge < -0.3 is 20.1 Å². The van der Waals surface area contributed by atoms with Gasteiger partial charge in [0.1, 0.15) is 5.82 Å². The number of hydrogen-bond donors (Lipinski definition) is 1. The second kappa shape index (κ2) is 6.09. The van der Waals surface area contributed by atoms with Crippen molar-refractivity contribution in [3.63, 3.8) is 0 Å². The molecule has 1 fully saturated rings. The van der Waals surface area contributed by atoms with E-state index in [1.807, 2.05) is 4.90 Å². The van der Waals surface area contributed by atoms with Crippen molar-refractivity contribution < 1.29 is 18.7 Å². The molecule has 0 aromatic heterocycles. The molecule has 1 aromatic carbocycles. The highest BCUT2D eigenvalue weighted by atomic mass is 19.1. The number of hydrogen-bond acceptors (Lipinski definition) is 5. The average Bonchev–Trinajstić information content (AvgIpc) is 2.87. The molecule has 1 saturated heterocycles. The van der Waals surface area contributed by atoms with E-state index in [0.717, 1.165) is 13.0 Å². The van der Waals surface area contributed by atoms with Crippen LogP contribution in [0.4, 0.5) is 15.8 Å². The summed E-state index contributed by atoms with van der Waals surface area (Å²) in [4.78, 5) is 13.5. The molecule has 0 spiro atoms. The maximum atomic E-state index is 14.1. The molecule has 1 aliphatic rings. The Labute approximate surface area is 117 Å². The summed E-state index contributed by atoms with van der Waals surface area (Å²) in [6.45, 7) is 2.09. The molecule has 5 nitrogen and oxygen atoms in total. The summed E-state index contributed by atoms with van der Waals surface area (Å²) < 4.78 is 23.8. The number of benzene rings is 1. The minimum Gasteiger partial charge on any atom is -0.465 e. The molecule has 0 amide bonds. The van der Waals surface area contributed by atoms with E-state index in [1.165, 1.54) is 19.2 Å². The van der Waals surface area contributed by atoms with E-state index >= 15 is 0 Å². The van der Waals surface area contributed by atoms with Crippen molar-refractivity contribution in [3.05, 3.63) is 23.5 Å². The lowest BCUT2D eigenvalue weighted by Gasteiger charge is -2.20. The summed E-state index contributed by atoms with van der Waals surface area (Å²) in [7, 11) is 2.93. The molecule has 2 rings (SSSR count). The van der Waals surface area contributed by atoms with E-state index in [9.17, 15) is 9.18 Å². The number of anilines is 2. The molecule has 0 bridgehead atoms. The minimum absolute atomic E-state index is 0.0886. The van der Waals surface area contributed by atoms with Crippen molar-refractivity contribution in [1.29, 1.82) is 0 Å². The normalized spacial score (nSPS) is 18.4. The van der Waals surface area contributed by atoms with Gasteiger partial charge in [-0.25, -0.2) is 9.18 Å². The fourth-order valence-electron chi connectivity index (χ4n) is 2.53. The third kappa shape index (κ3) is 2.85. The summed E-state index contributed by atoms with van der Waals surface area (Å²) >= 11 is 0. The predicted molar refractivity (Wildman–Crippen MR) is 74.3 cm³/mol. The highest BCUT2D eigenvalue weighted by molar-refractivity contribution is 5.96. The van der Waals surface area contributed by atoms with Crippen LogP contribution in [0.2, 0.25) is 0 Å². The Kier molecular flexibility index (Phi) is 4.44. The van der Waals surface area contributed by atoms with Crippen LogP contribution in [0.5, 0.6) is 0 Å². The van der Waals surface area contributed by atoms with Crippen LogP contribution in [-0.2, 0) is 9.47 Å². The SMILES string of the molecule is COCC1CCN(c2cc(C(=O)OC)c(N)cc2F)C1. The lowest BCUT2D eigenvalue weighted by atomic mass is 10.1. The first-order chi connectivity index (χ1) is 9.56. The van der Waals surface area contributed by atoms with E-state index < -0.39 is 11.8 Å². The highest BCUT2D eigenvalue weighted by Gasteiger charge is 2.26. The number of carbonyl (C=O) groups is 1. The number of methoxy groups -OCH3 is 2. The monoisotopic (exact) mass is 282 g/mol. The van der Waals surface area contributed by atoms with E-state index in [4.69, 9.17) is 10.5 Å². The summed E-state index contributed by atoms with van der Waals surface area (Å²) in [5, 5.41) is 0. The van der Waals surface area contributed by atoms with Crippen LogP contribution in [0.15, 0.2) is 12.1 Å². The molecule has 6 heteroatoms. The standard InChI is InChI=1S/C14H19FN2O3/c1-19-8-9-3-4-17(7-9)13-5-10(14(18)20-2)12(16)6-11(13)15/h5-6,9H,3-4,7-8,16H2,1-2H3. The highest BCUT2D eigenvalue weighted by Crippen LogP contribution is 2.30. The zero-order chi connectivity index (χ0) is 14.7. The van der Waals surface area contributed by atoms with Crippen molar-refractivity contribution in [2.24, 2.45) is 5.92 Å². The molecule has 1 heterocycles. The van der Waals surface area contributed by atoms with Crippen molar-refractivity contribution in [3.8, 4) is 0 Å². The third-order valence-electron chi connectivity index (χ3n) is 3.55. The first kappa shape index (κ1) is 14.6. The number of rotatable bonds is 4. The van der Waals surface area contributed by atoms with Gasteiger partial charge in [0, 0.05) is 31.8 Å². The van der Waals surface area contributed by atoms with E-state index in [-0.39, 0.29) is 11.3 Å². The van der Waals surface area contributed by atoms with Crippen LogP contribution < -0.4 is 10.6 Å². The average molecular weight is 282 g/mol. The van der Waals surface area contributed by atoms with Gasteiger partial charge in [0.15, 0.2) is 0 Å². The molecule has 2 N–H and O–H groups in total. The maximum Gasteiger partial charge on any atom is 0.340 e. The summed E-state index contributed by atoms with van der Waals surface area (Å²) in [5.74, 6) is -0.608. The van der Waals surface area contributed by atoms with Crippen LogP contribution in [0, 0.1) is 11.7 Å². The topological polar surface area (TPSA) is 64.8 Å². The lowest BCUT2D eigenvalue weighted by Crippen LogP contribution is -2.23. The Hall–Kier alpha value is -1.82. The molecular weight excluding hydrogens is 263 g/mol. The number of nitrogens with two attached hydrogens (primary N) is 1. The van der Waals surface area contributed by atoms with E-state index in [2.05, 4.69) is 4.74 Å². The number of carbonyl (C=O) groups excluding carboxylic acids is 1. The van der Waals surface area contributed by atoms with Gasteiger partial charge >= 0.3 is 5.97 Å². The van der Waals surface area contributed by atoms with Gasteiger partial charge in [-0.1, -0.05) is 0 Å². The predicted octanol–water partition coefficient (Wildman–Crippen LogP) is 1.67. The second-order valence-corrected chi connectivity index (χ2v) is 4.94. The molecule has 1 atom stereocenters. The first-order valence-electron chi connectivity index (χ1n) is 6.48. The van der Waals surface area contributed by atoms with Gasteiger partial charge in [-0.2, -0.15) is 0 Å². The zero-order valence-electron chi connectivity index (χ0n) is 11.7. The van der Waals surface area contributed by atoms with Gasteiger partial charge in [-0.15, -0.1) is 0 Å². The molecular formula is C14H19FN2O3. The van der Waals surface area contributed by atoms with Gasteiger partial charge in [0.2, 0.25) is 0 Å². The molecule has 20 heavy (non-hydrogen) atoms. The molecule has 110 valence electrons. The lowest BCUT2D eigenvalue weighted by molar-refractivity contribution is 0.0602.